The highest BCUT2D eigenvalue weighted by molar-refractivity contribution is 6.09. The number of furan rings is 1. The number of benzene rings is 4. The van der Waals surface area contributed by atoms with Crippen LogP contribution >= 0.6 is 0 Å². The predicted octanol–water partition coefficient (Wildman–Crippen LogP) is 7.14. The molecule has 0 bridgehead atoms. The van der Waals surface area contributed by atoms with E-state index in [0.717, 1.165) is 27.6 Å². The van der Waals surface area contributed by atoms with Crippen molar-refractivity contribution in [3.05, 3.63) is 103 Å². The molecule has 0 amide bonds. The van der Waals surface area contributed by atoms with Gasteiger partial charge in [0.25, 0.3) is 0 Å². The molecule has 3 heterocycles. The maximum atomic E-state index is 5.98. The monoisotopic (exact) mass is 411 g/mol. The minimum atomic E-state index is 0.610. The molecule has 0 unspecified atom stereocenters. The van der Waals surface area contributed by atoms with Gasteiger partial charge >= 0.3 is 0 Å². The zero-order valence-corrected chi connectivity index (χ0v) is 17.1. The van der Waals surface area contributed by atoms with Crippen LogP contribution in [0.3, 0.4) is 0 Å². The molecule has 4 aromatic carbocycles. The lowest BCUT2D eigenvalue weighted by atomic mass is 10.1. The van der Waals surface area contributed by atoms with Gasteiger partial charge in [-0.25, -0.2) is 4.98 Å². The number of aromatic nitrogens is 3. The van der Waals surface area contributed by atoms with Crippen LogP contribution in [0.5, 0.6) is 0 Å². The van der Waals surface area contributed by atoms with Crippen molar-refractivity contribution >= 4 is 43.9 Å². The van der Waals surface area contributed by atoms with Gasteiger partial charge in [-0.3, -0.25) is 0 Å². The third kappa shape index (κ3) is 2.44. The van der Waals surface area contributed by atoms with E-state index in [1.54, 1.807) is 0 Å². The van der Waals surface area contributed by atoms with Crippen molar-refractivity contribution < 1.29 is 4.42 Å². The summed E-state index contributed by atoms with van der Waals surface area (Å²) in [4.78, 5) is 9.41. The van der Waals surface area contributed by atoms with Crippen LogP contribution in [-0.2, 0) is 0 Å². The third-order valence-electron chi connectivity index (χ3n) is 6.08. The van der Waals surface area contributed by atoms with Crippen molar-refractivity contribution in [1.82, 2.24) is 14.5 Å². The maximum Gasteiger partial charge on any atom is 0.230 e. The molecule has 4 heteroatoms. The zero-order chi connectivity index (χ0) is 21.1. The van der Waals surface area contributed by atoms with E-state index < -0.39 is 0 Å². The van der Waals surface area contributed by atoms with E-state index in [1.165, 1.54) is 21.8 Å². The molecule has 32 heavy (non-hydrogen) atoms. The van der Waals surface area contributed by atoms with Crippen molar-refractivity contribution in [2.75, 3.05) is 0 Å². The summed E-state index contributed by atoms with van der Waals surface area (Å²) in [5.41, 5.74) is 5.82. The summed E-state index contributed by atoms with van der Waals surface area (Å²) in [7, 11) is 0. The Balaban J connectivity index is 1.44. The van der Waals surface area contributed by atoms with Gasteiger partial charge in [-0.1, -0.05) is 66.7 Å². The fourth-order valence-corrected chi connectivity index (χ4v) is 4.63. The van der Waals surface area contributed by atoms with Gasteiger partial charge in [-0.05, 0) is 30.3 Å². The molecule has 0 aliphatic heterocycles. The van der Waals surface area contributed by atoms with Gasteiger partial charge in [0.05, 0.1) is 16.4 Å². The van der Waals surface area contributed by atoms with Crippen LogP contribution in [-0.4, -0.2) is 14.5 Å². The average Bonchev–Trinajstić information content (AvgIpc) is 3.39. The standard InChI is InChI=1S/C28H17N3O/c1-4-13-24-20(10-1)21-11-2-5-14-25(21)31(24)19-9-7-8-18(16-19)27-29-17-23-22-12-3-6-15-26(22)32-28(23)30-27/h1-17H. The van der Waals surface area contributed by atoms with Gasteiger partial charge in [0.2, 0.25) is 5.71 Å². The molecular weight excluding hydrogens is 394 g/mol. The smallest absolute Gasteiger partial charge is 0.230 e. The topological polar surface area (TPSA) is 43.9 Å². The van der Waals surface area contributed by atoms with Gasteiger partial charge in [-0.2, -0.15) is 4.98 Å². The zero-order valence-electron chi connectivity index (χ0n) is 17.1. The second kappa shape index (κ2) is 6.53. The van der Waals surface area contributed by atoms with E-state index in [1.807, 2.05) is 36.5 Å². The molecule has 0 spiro atoms. The minimum Gasteiger partial charge on any atom is -0.438 e. The van der Waals surface area contributed by atoms with Crippen molar-refractivity contribution in [2.45, 2.75) is 0 Å². The van der Waals surface area contributed by atoms with Crippen LogP contribution < -0.4 is 0 Å². The molecule has 0 aliphatic rings. The summed E-state index contributed by atoms with van der Waals surface area (Å²) >= 11 is 0. The molecular formula is C28H17N3O. The summed E-state index contributed by atoms with van der Waals surface area (Å²) in [6, 6.07) is 33.4. The number of nitrogens with zero attached hydrogens (tertiary/aromatic N) is 3. The number of fused-ring (bicyclic) bond motifs is 6. The number of para-hydroxylation sites is 3. The Morgan fingerprint density at radius 2 is 1.31 bits per heavy atom. The molecule has 0 N–H and O–H groups in total. The Morgan fingerprint density at radius 3 is 2.09 bits per heavy atom. The summed E-state index contributed by atoms with van der Waals surface area (Å²) in [6.07, 6.45) is 1.86. The van der Waals surface area contributed by atoms with E-state index in [-0.39, 0.29) is 0 Å². The molecule has 0 fully saturated rings. The first-order valence-electron chi connectivity index (χ1n) is 10.6. The maximum absolute atomic E-state index is 5.98. The largest absolute Gasteiger partial charge is 0.438 e. The molecule has 0 aliphatic carbocycles. The van der Waals surface area contributed by atoms with Gasteiger partial charge < -0.3 is 8.98 Å². The molecule has 7 rings (SSSR count). The first-order chi connectivity index (χ1) is 15.9. The molecule has 0 atom stereocenters. The highest BCUT2D eigenvalue weighted by atomic mass is 16.3. The second-order valence-corrected chi connectivity index (χ2v) is 7.93. The Morgan fingerprint density at radius 1 is 0.625 bits per heavy atom. The van der Waals surface area contributed by atoms with Crippen molar-refractivity contribution in [3.8, 4) is 17.1 Å². The third-order valence-corrected chi connectivity index (χ3v) is 6.08. The normalized spacial score (nSPS) is 11.8. The molecule has 150 valence electrons. The Hall–Kier alpha value is -4.44. The summed E-state index contributed by atoms with van der Waals surface area (Å²) < 4.78 is 8.28. The first-order valence-corrected chi connectivity index (χ1v) is 10.6. The van der Waals surface area contributed by atoms with Crippen molar-refractivity contribution in [1.29, 1.82) is 0 Å². The van der Waals surface area contributed by atoms with Crippen LogP contribution in [0.2, 0.25) is 0 Å². The molecule has 0 saturated heterocycles. The SMILES string of the molecule is c1cc(-c2ncc3c(n2)oc2ccccc23)cc(-n2c3ccccc3c3ccccc32)c1. The summed E-state index contributed by atoms with van der Waals surface area (Å²) in [6.45, 7) is 0. The lowest BCUT2D eigenvalue weighted by Crippen LogP contribution is -1.95. The highest BCUT2D eigenvalue weighted by Gasteiger charge is 2.14. The molecule has 3 aromatic heterocycles. The van der Waals surface area contributed by atoms with Crippen LogP contribution in [0.1, 0.15) is 0 Å². The summed E-state index contributed by atoms with van der Waals surface area (Å²) in [5.74, 6) is 0.652. The average molecular weight is 411 g/mol. The molecule has 0 saturated carbocycles. The number of hydrogen-bond acceptors (Lipinski definition) is 3. The van der Waals surface area contributed by atoms with Gasteiger partial charge in [0.1, 0.15) is 5.58 Å². The number of rotatable bonds is 2. The van der Waals surface area contributed by atoms with Crippen molar-refractivity contribution in [2.24, 2.45) is 0 Å². The molecule has 7 aromatic rings. The summed E-state index contributed by atoms with van der Waals surface area (Å²) in [5, 5.41) is 4.46. The lowest BCUT2D eigenvalue weighted by Gasteiger charge is -2.09. The minimum absolute atomic E-state index is 0.610. The fourth-order valence-electron chi connectivity index (χ4n) is 4.63. The molecule has 0 radical (unpaired) electrons. The van der Waals surface area contributed by atoms with E-state index in [4.69, 9.17) is 9.40 Å². The Kier molecular flexibility index (Phi) is 3.52. The fraction of sp³-hybridized carbons (Fsp3) is 0. The van der Waals surface area contributed by atoms with Gasteiger partial charge in [-0.15, -0.1) is 0 Å². The Bertz CT molecular complexity index is 1740. The van der Waals surface area contributed by atoms with Gasteiger partial charge in [0, 0.05) is 33.6 Å². The first kappa shape index (κ1) is 17.3. The lowest BCUT2D eigenvalue weighted by molar-refractivity contribution is 0.653. The van der Waals surface area contributed by atoms with Crippen LogP contribution in [0, 0.1) is 0 Å². The van der Waals surface area contributed by atoms with E-state index >= 15 is 0 Å². The van der Waals surface area contributed by atoms with E-state index in [9.17, 15) is 0 Å². The van der Waals surface area contributed by atoms with Crippen LogP contribution in [0.25, 0.3) is 61.0 Å². The molecule has 4 nitrogen and oxygen atoms in total. The predicted molar refractivity (Wildman–Crippen MR) is 129 cm³/mol. The van der Waals surface area contributed by atoms with Crippen LogP contribution in [0.15, 0.2) is 108 Å². The quantitative estimate of drug-likeness (QED) is 0.304. The Labute approximate surface area is 183 Å². The van der Waals surface area contributed by atoms with Crippen molar-refractivity contribution in [3.63, 3.8) is 0 Å². The van der Waals surface area contributed by atoms with Gasteiger partial charge in [0.15, 0.2) is 5.82 Å². The second-order valence-electron chi connectivity index (χ2n) is 7.93. The highest BCUT2D eigenvalue weighted by Crippen LogP contribution is 2.33. The van der Waals surface area contributed by atoms with E-state index in [2.05, 4.69) is 76.3 Å². The van der Waals surface area contributed by atoms with Crippen LogP contribution in [0.4, 0.5) is 0 Å². The number of hydrogen-bond donors (Lipinski definition) is 0. The van der Waals surface area contributed by atoms with E-state index in [0.29, 0.717) is 11.5 Å².